The monoisotopic (exact) mass is 311 g/mol. The molecule has 0 saturated carbocycles. The molecular weight excluding hydrogens is 302 g/mol. The minimum Gasteiger partial charge on any atom is -0.478 e. The maximum absolute atomic E-state index is 11.1. The molecule has 0 unspecified atom stereocenters. The van der Waals surface area contributed by atoms with Crippen LogP contribution in [-0.2, 0) is 6.54 Å². The zero-order chi connectivity index (χ0) is 12.3. The molecule has 3 nitrogen and oxygen atoms in total. The Labute approximate surface area is 111 Å². The van der Waals surface area contributed by atoms with Gasteiger partial charge in [0.25, 0.3) is 0 Å². The fourth-order valence-electron chi connectivity index (χ4n) is 1.48. The van der Waals surface area contributed by atoms with E-state index in [2.05, 4.69) is 21.2 Å². The Morgan fingerprint density at radius 2 is 2.18 bits per heavy atom. The van der Waals surface area contributed by atoms with Crippen LogP contribution in [0.15, 0.2) is 40.2 Å². The molecule has 0 saturated heterocycles. The van der Waals surface area contributed by atoms with Gasteiger partial charge in [0.1, 0.15) is 0 Å². The van der Waals surface area contributed by atoms with Gasteiger partial charge in [-0.3, -0.25) is 0 Å². The van der Waals surface area contributed by atoms with Crippen molar-refractivity contribution in [2.24, 2.45) is 0 Å². The second kappa shape index (κ2) is 5.33. The standard InChI is InChI=1S/C12H10BrNO2S/c13-9-4-1-5-10(11(9)12(15)16)14-7-8-3-2-6-17-8/h1-6,14H,7H2,(H,15,16). The molecule has 88 valence electrons. The fraction of sp³-hybridized carbons (Fsp3) is 0.0833. The van der Waals surface area contributed by atoms with Gasteiger partial charge in [-0.05, 0) is 39.5 Å². The van der Waals surface area contributed by atoms with Crippen molar-refractivity contribution in [3.05, 3.63) is 50.6 Å². The maximum Gasteiger partial charge on any atom is 0.338 e. The van der Waals surface area contributed by atoms with E-state index in [1.165, 1.54) is 4.88 Å². The number of nitrogens with one attached hydrogen (secondary N) is 1. The molecule has 0 aliphatic rings. The molecule has 0 atom stereocenters. The summed E-state index contributed by atoms with van der Waals surface area (Å²) in [5.41, 5.74) is 0.893. The van der Waals surface area contributed by atoms with Gasteiger partial charge in [-0.2, -0.15) is 0 Å². The molecular formula is C12H10BrNO2S. The van der Waals surface area contributed by atoms with Crippen molar-refractivity contribution in [2.45, 2.75) is 6.54 Å². The topological polar surface area (TPSA) is 49.3 Å². The fourth-order valence-corrected chi connectivity index (χ4v) is 2.66. The number of rotatable bonds is 4. The number of halogens is 1. The van der Waals surface area contributed by atoms with Crippen LogP contribution in [0.5, 0.6) is 0 Å². The van der Waals surface area contributed by atoms with Crippen molar-refractivity contribution in [2.75, 3.05) is 5.32 Å². The van der Waals surface area contributed by atoms with E-state index in [1.807, 2.05) is 23.6 Å². The van der Waals surface area contributed by atoms with E-state index in [-0.39, 0.29) is 5.56 Å². The number of anilines is 1. The summed E-state index contributed by atoms with van der Waals surface area (Å²) in [6, 6.07) is 9.28. The number of carbonyl (C=O) groups is 1. The average Bonchev–Trinajstić information content (AvgIpc) is 2.78. The van der Waals surface area contributed by atoms with Crippen molar-refractivity contribution in [3.63, 3.8) is 0 Å². The van der Waals surface area contributed by atoms with E-state index in [0.29, 0.717) is 16.7 Å². The maximum atomic E-state index is 11.1. The number of benzene rings is 1. The number of carboxylic acids is 1. The first-order chi connectivity index (χ1) is 8.18. The Kier molecular flexibility index (Phi) is 3.81. The highest BCUT2D eigenvalue weighted by molar-refractivity contribution is 9.10. The Morgan fingerprint density at radius 1 is 1.35 bits per heavy atom. The first-order valence-corrected chi connectivity index (χ1v) is 6.64. The highest BCUT2D eigenvalue weighted by atomic mass is 79.9. The summed E-state index contributed by atoms with van der Waals surface area (Å²) in [5.74, 6) is -0.939. The molecule has 0 aliphatic heterocycles. The van der Waals surface area contributed by atoms with Crippen molar-refractivity contribution < 1.29 is 9.90 Å². The summed E-state index contributed by atoms with van der Waals surface area (Å²) < 4.78 is 0.584. The minimum absolute atomic E-state index is 0.268. The van der Waals surface area contributed by atoms with Crippen LogP contribution < -0.4 is 5.32 Å². The first kappa shape index (κ1) is 12.1. The highest BCUT2D eigenvalue weighted by Gasteiger charge is 2.13. The van der Waals surface area contributed by atoms with E-state index in [9.17, 15) is 4.79 Å². The van der Waals surface area contributed by atoms with Gasteiger partial charge in [0.05, 0.1) is 11.3 Å². The first-order valence-electron chi connectivity index (χ1n) is 4.96. The lowest BCUT2D eigenvalue weighted by Gasteiger charge is -2.09. The minimum atomic E-state index is -0.939. The lowest BCUT2D eigenvalue weighted by atomic mass is 10.2. The summed E-state index contributed by atoms with van der Waals surface area (Å²) in [5, 5.41) is 14.3. The van der Waals surface area contributed by atoms with Crippen LogP contribution >= 0.6 is 27.3 Å². The van der Waals surface area contributed by atoms with Crippen LogP contribution in [0.2, 0.25) is 0 Å². The van der Waals surface area contributed by atoms with Crippen LogP contribution in [0.1, 0.15) is 15.2 Å². The van der Waals surface area contributed by atoms with E-state index < -0.39 is 5.97 Å². The van der Waals surface area contributed by atoms with Gasteiger partial charge in [0, 0.05) is 15.9 Å². The zero-order valence-corrected chi connectivity index (χ0v) is 11.2. The molecule has 17 heavy (non-hydrogen) atoms. The average molecular weight is 312 g/mol. The third-order valence-corrected chi connectivity index (χ3v) is 3.80. The molecule has 2 rings (SSSR count). The normalized spacial score (nSPS) is 10.2. The van der Waals surface area contributed by atoms with Crippen LogP contribution in [0, 0.1) is 0 Å². The van der Waals surface area contributed by atoms with Crippen molar-refractivity contribution in [1.82, 2.24) is 0 Å². The summed E-state index contributed by atoms with van der Waals surface area (Å²) in [4.78, 5) is 12.3. The molecule has 0 fully saturated rings. The second-order valence-corrected chi connectivity index (χ2v) is 5.29. The van der Waals surface area contributed by atoms with E-state index >= 15 is 0 Å². The van der Waals surface area contributed by atoms with Gasteiger partial charge in [0.15, 0.2) is 0 Å². The lowest BCUT2D eigenvalue weighted by Crippen LogP contribution is -2.06. The molecule has 0 spiro atoms. The van der Waals surface area contributed by atoms with Crippen molar-refractivity contribution in [3.8, 4) is 0 Å². The molecule has 1 aromatic carbocycles. The predicted octanol–water partition coefficient (Wildman–Crippen LogP) is 3.82. The van der Waals surface area contributed by atoms with Gasteiger partial charge >= 0.3 is 5.97 Å². The van der Waals surface area contributed by atoms with Gasteiger partial charge in [-0.25, -0.2) is 4.79 Å². The Hall–Kier alpha value is -1.33. The van der Waals surface area contributed by atoms with Crippen LogP contribution in [0.25, 0.3) is 0 Å². The van der Waals surface area contributed by atoms with Crippen molar-refractivity contribution in [1.29, 1.82) is 0 Å². The second-order valence-electron chi connectivity index (χ2n) is 3.40. The van der Waals surface area contributed by atoms with Gasteiger partial charge in [-0.15, -0.1) is 11.3 Å². The molecule has 0 radical (unpaired) electrons. The molecule has 0 aliphatic carbocycles. The van der Waals surface area contributed by atoms with E-state index in [4.69, 9.17) is 5.11 Å². The van der Waals surface area contributed by atoms with Gasteiger partial charge < -0.3 is 10.4 Å². The number of thiophene rings is 1. The molecule has 1 aromatic heterocycles. The summed E-state index contributed by atoms with van der Waals surface area (Å²) in [6.45, 7) is 0.633. The number of hydrogen-bond donors (Lipinski definition) is 2. The van der Waals surface area contributed by atoms with Gasteiger partial charge in [-0.1, -0.05) is 12.1 Å². The third kappa shape index (κ3) is 2.87. The van der Waals surface area contributed by atoms with Crippen molar-refractivity contribution >= 4 is 38.9 Å². The molecule has 5 heteroatoms. The van der Waals surface area contributed by atoms with Crippen LogP contribution in [-0.4, -0.2) is 11.1 Å². The summed E-state index contributed by atoms with van der Waals surface area (Å²) >= 11 is 4.89. The molecule has 1 heterocycles. The lowest BCUT2D eigenvalue weighted by molar-refractivity contribution is 0.0697. The number of hydrogen-bond acceptors (Lipinski definition) is 3. The SMILES string of the molecule is O=C(O)c1c(Br)cccc1NCc1cccs1. The number of aromatic carboxylic acids is 1. The number of carboxylic acid groups (broad SMARTS) is 1. The highest BCUT2D eigenvalue weighted by Crippen LogP contribution is 2.25. The largest absolute Gasteiger partial charge is 0.478 e. The molecule has 2 aromatic rings. The molecule has 0 bridgehead atoms. The zero-order valence-electron chi connectivity index (χ0n) is 8.81. The smallest absolute Gasteiger partial charge is 0.338 e. The Balaban J connectivity index is 2.21. The quantitative estimate of drug-likeness (QED) is 0.902. The third-order valence-electron chi connectivity index (χ3n) is 2.26. The summed E-state index contributed by atoms with van der Waals surface area (Å²) in [6.07, 6.45) is 0. The predicted molar refractivity (Wildman–Crippen MR) is 72.7 cm³/mol. The van der Waals surface area contributed by atoms with E-state index in [1.54, 1.807) is 23.5 Å². The van der Waals surface area contributed by atoms with Gasteiger partial charge in [0.2, 0.25) is 0 Å². The molecule has 2 N–H and O–H groups in total. The Bertz CT molecular complexity index is 525. The van der Waals surface area contributed by atoms with E-state index in [0.717, 1.165) is 0 Å². The van der Waals surface area contributed by atoms with Crippen LogP contribution in [0.4, 0.5) is 5.69 Å². The van der Waals surface area contributed by atoms with Crippen LogP contribution in [0.3, 0.4) is 0 Å². The Morgan fingerprint density at radius 3 is 2.82 bits per heavy atom. The summed E-state index contributed by atoms with van der Waals surface area (Å²) in [7, 11) is 0. The molecule has 0 amide bonds.